The molecule has 3 nitrogen and oxygen atoms in total. The summed E-state index contributed by atoms with van der Waals surface area (Å²) in [7, 11) is 0. The Kier molecular flexibility index (Phi) is 5.07. The largest absolute Gasteiger partial charge is 0.379 e. The minimum absolute atomic E-state index is 0.523. The van der Waals surface area contributed by atoms with Crippen molar-refractivity contribution >= 4 is 0 Å². The van der Waals surface area contributed by atoms with E-state index in [0.717, 1.165) is 45.4 Å². The summed E-state index contributed by atoms with van der Waals surface area (Å²) in [6.45, 7) is 8.23. The molecule has 0 bridgehead atoms. The predicted molar refractivity (Wildman–Crippen MR) is 64.6 cm³/mol. The summed E-state index contributed by atoms with van der Waals surface area (Å²) in [5, 5.41) is 0. The average Bonchev–Trinajstić information content (AvgIpc) is 2.33. The van der Waals surface area contributed by atoms with Gasteiger partial charge in [0.2, 0.25) is 0 Å². The van der Waals surface area contributed by atoms with Crippen LogP contribution in [0, 0.1) is 5.92 Å². The molecule has 2 rings (SSSR count). The number of ether oxygens (including phenoxy) is 2. The van der Waals surface area contributed by atoms with Crippen LogP contribution in [0.25, 0.3) is 0 Å². The van der Waals surface area contributed by atoms with Crippen molar-refractivity contribution in [3.8, 4) is 0 Å². The molecule has 3 heteroatoms. The van der Waals surface area contributed by atoms with Gasteiger partial charge in [-0.05, 0) is 18.8 Å². The van der Waals surface area contributed by atoms with Crippen LogP contribution in [0.15, 0.2) is 0 Å². The lowest BCUT2D eigenvalue weighted by molar-refractivity contribution is -0.0276. The molecule has 2 atom stereocenters. The zero-order chi connectivity index (χ0) is 11.2. The van der Waals surface area contributed by atoms with Gasteiger partial charge in [-0.3, -0.25) is 4.90 Å². The number of hydrogen-bond acceptors (Lipinski definition) is 3. The second-order valence-corrected chi connectivity index (χ2v) is 5.12. The van der Waals surface area contributed by atoms with Crippen LogP contribution in [-0.2, 0) is 9.47 Å². The molecule has 1 saturated heterocycles. The fourth-order valence-corrected chi connectivity index (χ4v) is 2.69. The molecule has 1 aliphatic carbocycles. The van der Waals surface area contributed by atoms with Crippen molar-refractivity contribution in [1.29, 1.82) is 0 Å². The quantitative estimate of drug-likeness (QED) is 0.732. The zero-order valence-corrected chi connectivity index (χ0v) is 10.5. The van der Waals surface area contributed by atoms with Gasteiger partial charge in [0, 0.05) is 19.6 Å². The Balaban J connectivity index is 1.59. The van der Waals surface area contributed by atoms with E-state index < -0.39 is 0 Å². The van der Waals surface area contributed by atoms with E-state index in [9.17, 15) is 0 Å². The standard InChI is InChI=1S/C13H25NO2/c1-12-4-2-3-5-13(12)16-11-8-14-6-9-15-10-7-14/h12-13H,2-11H2,1H3/t12-,13-/m0/s1. The minimum Gasteiger partial charge on any atom is -0.379 e. The monoisotopic (exact) mass is 227 g/mol. The Labute approximate surface area is 99.1 Å². The van der Waals surface area contributed by atoms with Gasteiger partial charge in [-0.25, -0.2) is 0 Å². The van der Waals surface area contributed by atoms with Crippen LogP contribution in [0.4, 0.5) is 0 Å². The van der Waals surface area contributed by atoms with Crippen molar-refractivity contribution in [3.05, 3.63) is 0 Å². The van der Waals surface area contributed by atoms with E-state index >= 15 is 0 Å². The van der Waals surface area contributed by atoms with Crippen molar-refractivity contribution in [2.24, 2.45) is 5.92 Å². The summed E-state index contributed by atoms with van der Waals surface area (Å²) in [5.41, 5.74) is 0. The summed E-state index contributed by atoms with van der Waals surface area (Å²) < 4.78 is 11.3. The third-order valence-corrected chi connectivity index (χ3v) is 3.88. The predicted octanol–water partition coefficient (Wildman–Crippen LogP) is 1.91. The smallest absolute Gasteiger partial charge is 0.0601 e. The molecule has 0 aromatic rings. The van der Waals surface area contributed by atoms with E-state index in [-0.39, 0.29) is 0 Å². The average molecular weight is 227 g/mol. The summed E-state index contributed by atoms with van der Waals surface area (Å²) >= 11 is 0. The van der Waals surface area contributed by atoms with Gasteiger partial charge in [-0.15, -0.1) is 0 Å². The number of rotatable bonds is 4. The van der Waals surface area contributed by atoms with Crippen LogP contribution in [0.2, 0.25) is 0 Å². The maximum absolute atomic E-state index is 6.02. The van der Waals surface area contributed by atoms with Gasteiger partial charge in [0.15, 0.2) is 0 Å². The maximum atomic E-state index is 6.02. The van der Waals surface area contributed by atoms with Crippen LogP contribution in [-0.4, -0.2) is 50.5 Å². The lowest BCUT2D eigenvalue weighted by Crippen LogP contribution is -2.39. The Morgan fingerprint density at radius 3 is 2.69 bits per heavy atom. The first-order valence-corrected chi connectivity index (χ1v) is 6.78. The summed E-state index contributed by atoms with van der Waals surface area (Å²) in [4.78, 5) is 2.44. The third-order valence-electron chi connectivity index (χ3n) is 3.88. The second kappa shape index (κ2) is 6.58. The van der Waals surface area contributed by atoms with Crippen molar-refractivity contribution in [3.63, 3.8) is 0 Å². The topological polar surface area (TPSA) is 21.7 Å². The molecule has 0 unspecified atom stereocenters. The Bertz CT molecular complexity index is 192. The van der Waals surface area contributed by atoms with Gasteiger partial charge in [-0.1, -0.05) is 19.8 Å². The van der Waals surface area contributed by atoms with Crippen molar-refractivity contribution in [2.45, 2.75) is 38.7 Å². The van der Waals surface area contributed by atoms with Gasteiger partial charge < -0.3 is 9.47 Å². The lowest BCUT2D eigenvalue weighted by atomic mass is 9.88. The van der Waals surface area contributed by atoms with E-state index in [2.05, 4.69) is 11.8 Å². The first-order chi connectivity index (χ1) is 7.86. The Morgan fingerprint density at radius 1 is 1.19 bits per heavy atom. The van der Waals surface area contributed by atoms with Crippen molar-refractivity contribution in [2.75, 3.05) is 39.5 Å². The van der Waals surface area contributed by atoms with Gasteiger partial charge in [0.05, 0.1) is 25.9 Å². The van der Waals surface area contributed by atoms with Crippen LogP contribution >= 0.6 is 0 Å². The van der Waals surface area contributed by atoms with Crippen LogP contribution < -0.4 is 0 Å². The molecule has 1 heterocycles. The van der Waals surface area contributed by atoms with E-state index in [1.165, 1.54) is 25.7 Å². The molecular weight excluding hydrogens is 202 g/mol. The molecule has 94 valence electrons. The number of hydrogen-bond donors (Lipinski definition) is 0. The first-order valence-electron chi connectivity index (χ1n) is 6.78. The number of morpholine rings is 1. The van der Waals surface area contributed by atoms with Crippen molar-refractivity contribution < 1.29 is 9.47 Å². The lowest BCUT2D eigenvalue weighted by Gasteiger charge is -2.31. The molecule has 0 aromatic heterocycles. The highest BCUT2D eigenvalue weighted by atomic mass is 16.5. The Hall–Kier alpha value is -0.120. The van der Waals surface area contributed by atoms with Gasteiger partial charge >= 0.3 is 0 Å². The molecule has 2 fully saturated rings. The SMILES string of the molecule is C[C@H]1CCCC[C@@H]1OCCN1CCOCC1. The maximum Gasteiger partial charge on any atom is 0.0601 e. The van der Waals surface area contributed by atoms with E-state index in [1.807, 2.05) is 0 Å². The highest BCUT2D eigenvalue weighted by Gasteiger charge is 2.21. The van der Waals surface area contributed by atoms with Crippen LogP contribution in [0.3, 0.4) is 0 Å². The molecule has 0 N–H and O–H groups in total. The van der Waals surface area contributed by atoms with Gasteiger partial charge in [0.1, 0.15) is 0 Å². The third kappa shape index (κ3) is 3.72. The molecule has 2 aliphatic rings. The van der Waals surface area contributed by atoms with E-state index in [1.54, 1.807) is 0 Å². The number of nitrogens with zero attached hydrogens (tertiary/aromatic N) is 1. The normalized spacial score (nSPS) is 32.8. The molecular formula is C13H25NO2. The molecule has 0 aromatic carbocycles. The molecule has 1 saturated carbocycles. The highest BCUT2D eigenvalue weighted by molar-refractivity contribution is 4.72. The van der Waals surface area contributed by atoms with E-state index in [4.69, 9.17) is 9.47 Å². The fraction of sp³-hybridized carbons (Fsp3) is 1.00. The summed E-state index contributed by atoms with van der Waals surface area (Å²) in [5.74, 6) is 0.762. The van der Waals surface area contributed by atoms with Gasteiger partial charge in [0.25, 0.3) is 0 Å². The highest BCUT2D eigenvalue weighted by Crippen LogP contribution is 2.26. The van der Waals surface area contributed by atoms with Crippen molar-refractivity contribution in [1.82, 2.24) is 4.90 Å². The summed E-state index contributed by atoms with van der Waals surface area (Å²) in [6.07, 6.45) is 5.89. The second-order valence-electron chi connectivity index (χ2n) is 5.12. The fourth-order valence-electron chi connectivity index (χ4n) is 2.69. The first kappa shape index (κ1) is 12.3. The van der Waals surface area contributed by atoms with Gasteiger partial charge in [-0.2, -0.15) is 0 Å². The van der Waals surface area contributed by atoms with Crippen LogP contribution in [0.5, 0.6) is 0 Å². The Morgan fingerprint density at radius 2 is 1.94 bits per heavy atom. The minimum atomic E-state index is 0.523. The molecule has 1 aliphatic heterocycles. The van der Waals surface area contributed by atoms with E-state index in [0.29, 0.717) is 6.10 Å². The van der Waals surface area contributed by atoms with Crippen LogP contribution in [0.1, 0.15) is 32.6 Å². The summed E-state index contributed by atoms with van der Waals surface area (Å²) in [6, 6.07) is 0. The molecule has 16 heavy (non-hydrogen) atoms. The molecule has 0 radical (unpaired) electrons. The zero-order valence-electron chi connectivity index (χ0n) is 10.5. The molecule has 0 spiro atoms. The molecule has 0 amide bonds.